The van der Waals surface area contributed by atoms with Crippen molar-refractivity contribution >= 4 is 5.91 Å². The van der Waals surface area contributed by atoms with Crippen molar-refractivity contribution in [2.75, 3.05) is 0 Å². The number of hydrogen-bond acceptors (Lipinski definition) is 2. The van der Waals surface area contributed by atoms with Crippen molar-refractivity contribution < 1.29 is 9.53 Å². The highest BCUT2D eigenvalue weighted by Gasteiger charge is 2.48. The van der Waals surface area contributed by atoms with Crippen molar-refractivity contribution in [2.45, 2.75) is 52.0 Å². The smallest absolute Gasteiger partial charge is 0.255 e. The van der Waals surface area contributed by atoms with Crippen LogP contribution in [0.25, 0.3) is 0 Å². The van der Waals surface area contributed by atoms with Crippen molar-refractivity contribution in [3.63, 3.8) is 0 Å². The summed E-state index contributed by atoms with van der Waals surface area (Å²) in [7, 11) is 0. The molecule has 0 unspecified atom stereocenters. The molecule has 3 nitrogen and oxygen atoms in total. The molecule has 1 heterocycles. The maximum Gasteiger partial charge on any atom is 0.255 e. The Bertz CT molecular complexity index is 406. The van der Waals surface area contributed by atoms with E-state index >= 15 is 0 Å². The molecule has 0 bridgehead atoms. The Hall–Kier alpha value is -1.35. The Morgan fingerprint density at radius 3 is 2.17 bits per heavy atom. The zero-order valence-corrected chi connectivity index (χ0v) is 11.5. The topological polar surface area (TPSA) is 32.8 Å². The first-order valence-corrected chi connectivity index (χ1v) is 6.55. The minimum Gasteiger partial charge on any atom is -0.354 e. The summed E-state index contributed by atoms with van der Waals surface area (Å²) in [6.45, 7) is 8.16. The van der Waals surface area contributed by atoms with E-state index in [4.69, 9.17) is 4.74 Å². The lowest BCUT2D eigenvalue weighted by molar-refractivity contribution is -0.136. The van der Waals surface area contributed by atoms with Gasteiger partial charge in [0.25, 0.3) is 5.91 Å². The average molecular weight is 247 g/mol. The number of benzene rings is 1. The number of epoxide rings is 1. The highest BCUT2D eigenvalue weighted by atomic mass is 16.6. The van der Waals surface area contributed by atoms with Gasteiger partial charge in [0.1, 0.15) is 6.10 Å². The minimum absolute atomic E-state index is 0.0568. The molecule has 1 aromatic rings. The number of carbonyl (C=O) groups excluding carboxylic acids is 1. The van der Waals surface area contributed by atoms with Crippen molar-refractivity contribution in [1.29, 1.82) is 0 Å². The van der Waals surface area contributed by atoms with E-state index in [9.17, 15) is 4.79 Å². The van der Waals surface area contributed by atoms with Gasteiger partial charge in [0.2, 0.25) is 0 Å². The van der Waals surface area contributed by atoms with Crippen LogP contribution in [0.2, 0.25) is 0 Å². The molecule has 98 valence electrons. The third-order valence-electron chi connectivity index (χ3n) is 3.23. The monoisotopic (exact) mass is 247 g/mol. The Morgan fingerprint density at radius 2 is 1.67 bits per heavy atom. The molecule has 0 aliphatic carbocycles. The summed E-state index contributed by atoms with van der Waals surface area (Å²) in [4.78, 5) is 14.3. The largest absolute Gasteiger partial charge is 0.354 e. The molecule has 0 N–H and O–H groups in total. The van der Waals surface area contributed by atoms with Crippen LogP contribution in [0.1, 0.15) is 39.4 Å². The van der Waals surface area contributed by atoms with Gasteiger partial charge in [-0.3, -0.25) is 4.79 Å². The summed E-state index contributed by atoms with van der Waals surface area (Å²) in [6.07, 6.45) is -0.351. The first kappa shape index (κ1) is 13.1. The molecule has 0 saturated carbocycles. The van der Waals surface area contributed by atoms with Crippen LogP contribution in [-0.4, -0.2) is 29.0 Å². The van der Waals surface area contributed by atoms with E-state index in [1.165, 1.54) is 0 Å². The van der Waals surface area contributed by atoms with Gasteiger partial charge in [-0.25, -0.2) is 0 Å². The fourth-order valence-corrected chi connectivity index (χ4v) is 2.45. The number of amides is 1. The molecule has 18 heavy (non-hydrogen) atoms. The maximum absolute atomic E-state index is 12.4. The molecule has 1 aromatic carbocycles. The third kappa shape index (κ3) is 2.56. The lowest BCUT2D eigenvalue weighted by Crippen LogP contribution is -2.44. The van der Waals surface area contributed by atoms with Crippen LogP contribution in [0, 0.1) is 0 Å². The summed E-state index contributed by atoms with van der Waals surface area (Å²) >= 11 is 0. The standard InChI is InChI=1S/C15H21NO2/c1-10(2)16(11(3)4)15(17)14-13(18-14)12-8-6-5-7-9-12/h5-11,13-14H,1-4H3/t13-,14-/m0/s1. The second kappa shape index (κ2) is 5.11. The van der Waals surface area contributed by atoms with Gasteiger partial charge < -0.3 is 9.64 Å². The first-order chi connectivity index (χ1) is 8.52. The SMILES string of the molecule is CC(C)N(C(=O)[C@H]1O[C@H]1c1ccccc1)C(C)C. The van der Waals surface area contributed by atoms with E-state index in [2.05, 4.69) is 0 Å². The maximum atomic E-state index is 12.4. The van der Waals surface area contributed by atoms with Gasteiger partial charge in [0.05, 0.1) is 0 Å². The lowest BCUT2D eigenvalue weighted by atomic mass is 10.1. The fraction of sp³-hybridized carbons (Fsp3) is 0.533. The molecule has 0 spiro atoms. The number of ether oxygens (including phenoxy) is 1. The van der Waals surface area contributed by atoms with E-state index in [0.717, 1.165) is 5.56 Å². The Balaban J connectivity index is 2.05. The summed E-state index contributed by atoms with van der Waals surface area (Å²) in [5, 5.41) is 0. The first-order valence-electron chi connectivity index (χ1n) is 6.55. The van der Waals surface area contributed by atoms with E-state index < -0.39 is 0 Å². The molecule has 1 aliphatic heterocycles. The highest BCUT2D eigenvalue weighted by molar-refractivity contribution is 5.84. The molecule has 0 aromatic heterocycles. The van der Waals surface area contributed by atoms with E-state index in [1.54, 1.807) is 0 Å². The van der Waals surface area contributed by atoms with Gasteiger partial charge in [-0.2, -0.15) is 0 Å². The zero-order chi connectivity index (χ0) is 13.3. The van der Waals surface area contributed by atoms with Crippen molar-refractivity contribution in [3.8, 4) is 0 Å². The molecule has 1 aliphatic rings. The van der Waals surface area contributed by atoms with Crippen LogP contribution in [-0.2, 0) is 9.53 Å². The Labute approximate surface area is 109 Å². The lowest BCUT2D eigenvalue weighted by Gasteiger charge is -2.30. The van der Waals surface area contributed by atoms with Gasteiger partial charge in [-0.1, -0.05) is 30.3 Å². The van der Waals surface area contributed by atoms with Gasteiger partial charge in [0, 0.05) is 12.1 Å². The number of carbonyl (C=O) groups is 1. The minimum atomic E-state index is -0.294. The predicted octanol–water partition coefficient (Wildman–Crippen LogP) is 2.77. The van der Waals surface area contributed by atoms with Crippen LogP contribution in [0.4, 0.5) is 0 Å². The van der Waals surface area contributed by atoms with Gasteiger partial charge in [-0.15, -0.1) is 0 Å². The van der Waals surface area contributed by atoms with Crippen LogP contribution in [0.3, 0.4) is 0 Å². The fourth-order valence-electron chi connectivity index (χ4n) is 2.45. The Morgan fingerprint density at radius 1 is 1.11 bits per heavy atom. The van der Waals surface area contributed by atoms with Crippen LogP contribution >= 0.6 is 0 Å². The van der Waals surface area contributed by atoms with Gasteiger partial charge in [-0.05, 0) is 33.3 Å². The number of nitrogens with zero attached hydrogens (tertiary/aromatic N) is 1. The molecule has 3 heteroatoms. The molecule has 0 radical (unpaired) electrons. The van der Waals surface area contributed by atoms with E-state index in [-0.39, 0.29) is 30.2 Å². The predicted molar refractivity (Wildman–Crippen MR) is 71.2 cm³/mol. The molecule has 1 saturated heterocycles. The third-order valence-corrected chi connectivity index (χ3v) is 3.23. The highest BCUT2D eigenvalue weighted by Crippen LogP contribution is 2.40. The second-order valence-corrected chi connectivity index (χ2v) is 5.32. The van der Waals surface area contributed by atoms with Crippen LogP contribution in [0.15, 0.2) is 30.3 Å². The summed E-state index contributed by atoms with van der Waals surface area (Å²) in [6, 6.07) is 10.3. The summed E-state index contributed by atoms with van der Waals surface area (Å²) in [5.41, 5.74) is 1.09. The summed E-state index contributed by atoms with van der Waals surface area (Å²) < 4.78 is 5.55. The van der Waals surface area contributed by atoms with E-state index in [1.807, 2.05) is 62.9 Å². The van der Waals surface area contributed by atoms with Crippen molar-refractivity contribution in [2.24, 2.45) is 0 Å². The van der Waals surface area contributed by atoms with E-state index in [0.29, 0.717) is 0 Å². The second-order valence-electron chi connectivity index (χ2n) is 5.32. The average Bonchev–Trinajstić information content (AvgIpc) is 3.09. The zero-order valence-electron chi connectivity index (χ0n) is 11.5. The molecule has 2 atom stereocenters. The molecular weight excluding hydrogens is 226 g/mol. The molecular formula is C15H21NO2. The summed E-state index contributed by atoms with van der Waals surface area (Å²) in [5.74, 6) is 0.105. The van der Waals surface area contributed by atoms with Crippen LogP contribution in [0.5, 0.6) is 0 Å². The van der Waals surface area contributed by atoms with Crippen molar-refractivity contribution in [1.82, 2.24) is 4.90 Å². The Kier molecular flexibility index (Phi) is 3.71. The van der Waals surface area contributed by atoms with Gasteiger partial charge >= 0.3 is 0 Å². The van der Waals surface area contributed by atoms with Crippen LogP contribution < -0.4 is 0 Å². The normalized spacial score (nSPS) is 22.3. The molecule has 2 rings (SSSR count). The molecule has 1 fully saturated rings. The quantitative estimate of drug-likeness (QED) is 0.766. The van der Waals surface area contributed by atoms with Gasteiger partial charge in [0.15, 0.2) is 6.10 Å². The number of hydrogen-bond donors (Lipinski definition) is 0. The molecule has 1 amide bonds. The van der Waals surface area contributed by atoms with Crippen molar-refractivity contribution in [3.05, 3.63) is 35.9 Å². The number of rotatable bonds is 4.